The maximum atomic E-state index is 6.07. The van der Waals surface area contributed by atoms with Crippen LogP contribution in [0.15, 0.2) is 34.6 Å². The molecule has 1 aromatic heterocycles. The van der Waals surface area contributed by atoms with Gasteiger partial charge in [0.25, 0.3) is 0 Å². The van der Waals surface area contributed by atoms with E-state index in [-0.39, 0.29) is 6.04 Å². The first-order chi connectivity index (χ1) is 11.5. The van der Waals surface area contributed by atoms with Crippen LogP contribution in [0, 0.1) is 0 Å². The molecule has 2 N–H and O–H groups in total. The molecule has 1 atom stereocenters. The molecule has 5 nitrogen and oxygen atoms in total. The molecule has 0 radical (unpaired) electrons. The van der Waals surface area contributed by atoms with E-state index >= 15 is 0 Å². The van der Waals surface area contributed by atoms with Crippen LogP contribution in [0.3, 0.4) is 0 Å². The average molecular weight is 366 g/mol. The van der Waals surface area contributed by atoms with Gasteiger partial charge in [-0.15, -0.1) is 11.3 Å². The maximum absolute atomic E-state index is 6.07. The molecule has 1 unspecified atom stereocenters. The second-order valence-electron chi connectivity index (χ2n) is 5.63. The molecule has 0 aliphatic carbocycles. The van der Waals surface area contributed by atoms with Gasteiger partial charge in [0.15, 0.2) is 11.1 Å². The van der Waals surface area contributed by atoms with E-state index in [0.717, 1.165) is 33.9 Å². The highest BCUT2D eigenvalue weighted by Crippen LogP contribution is 2.19. The number of guanidine groups is 1. The van der Waals surface area contributed by atoms with Gasteiger partial charge in [0, 0.05) is 31.0 Å². The lowest BCUT2D eigenvalue weighted by Crippen LogP contribution is -2.38. The standard InChI is InChI=1S/C17H24ClN5S/c1-5-19-16(20-10-15-11-24-17(22-15)23(3)4)21-12(2)13-7-6-8-14(18)9-13/h6-9,11-12H,5,10H2,1-4H3,(H2,19,20,21). The Morgan fingerprint density at radius 1 is 1.42 bits per heavy atom. The quantitative estimate of drug-likeness (QED) is 0.605. The third kappa shape index (κ3) is 5.39. The number of anilines is 1. The SMILES string of the molecule is CCNC(=NCc1csc(N(C)C)n1)NC(C)c1cccc(Cl)c1. The summed E-state index contributed by atoms with van der Waals surface area (Å²) in [6.07, 6.45) is 0. The van der Waals surface area contributed by atoms with Crippen molar-refractivity contribution in [1.29, 1.82) is 0 Å². The zero-order valence-electron chi connectivity index (χ0n) is 14.5. The summed E-state index contributed by atoms with van der Waals surface area (Å²) in [7, 11) is 3.98. The van der Waals surface area contributed by atoms with Crippen molar-refractivity contribution < 1.29 is 0 Å². The number of hydrogen-bond acceptors (Lipinski definition) is 4. The summed E-state index contributed by atoms with van der Waals surface area (Å²) in [5, 5.41) is 10.4. The Kier molecular flexibility index (Phi) is 6.87. The van der Waals surface area contributed by atoms with E-state index in [1.165, 1.54) is 0 Å². The van der Waals surface area contributed by atoms with Crippen LogP contribution in [-0.2, 0) is 6.54 Å². The third-order valence-corrected chi connectivity index (χ3v) is 4.66. The molecule has 1 heterocycles. The van der Waals surface area contributed by atoms with Crippen LogP contribution >= 0.6 is 22.9 Å². The summed E-state index contributed by atoms with van der Waals surface area (Å²) in [5.74, 6) is 0.768. The molecule has 130 valence electrons. The van der Waals surface area contributed by atoms with Gasteiger partial charge in [-0.05, 0) is 31.5 Å². The first-order valence-electron chi connectivity index (χ1n) is 7.91. The molecule has 0 amide bonds. The number of thiazole rings is 1. The van der Waals surface area contributed by atoms with Gasteiger partial charge in [-0.1, -0.05) is 23.7 Å². The van der Waals surface area contributed by atoms with Gasteiger partial charge in [0.05, 0.1) is 18.3 Å². The highest BCUT2D eigenvalue weighted by atomic mass is 35.5. The van der Waals surface area contributed by atoms with Crippen LogP contribution in [0.1, 0.15) is 31.1 Å². The van der Waals surface area contributed by atoms with E-state index in [1.54, 1.807) is 11.3 Å². The normalized spacial score (nSPS) is 12.8. The Morgan fingerprint density at radius 2 is 2.21 bits per heavy atom. The lowest BCUT2D eigenvalue weighted by molar-refractivity contribution is 0.686. The van der Waals surface area contributed by atoms with Crippen molar-refractivity contribution in [3.8, 4) is 0 Å². The van der Waals surface area contributed by atoms with Crippen LogP contribution in [0.4, 0.5) is 5.13 Å². The second kappa shape index (κ2) is 8.89. The van der Waals surface area contributed by atoms with Crippen LogP contribution in [0.25, 0.3) is 0 Å². The maximum Gasteiger partial charge on any atom is 0.192 e. The topological polar surface area (TPSA) is 52.6 Å². The Labute approximate surface area is 152 Å². The van der Waals surface area contributed by atoms with Crippen molar-refractivity contribution in [3.05, 3.63) is 45.9 Å². The molecule has 7 heteroatoms. The van der Waals surface area contributed by atoms with Gasteiger partial charge < -0.3 is 15.5 Å². The Morgan fingerprint density at radius 3 is 2.83 bits per heavy atom. The summed E-state index contributed by atoms with van der Waals surface area (Å²) in [6.45, 7) is 5.48. The van der Waals surface area contributed by atoms with E-state index in [9.17, 15) is 0 Å². The fourth-order valence-corrected chi connectivity index (χ4v) is 3.07. The minimum Gasteiger partial charge on any atom is -0.357 e. The van der Waals surface area contributed by atoms with Crippen molar-refractivity contribution in [2.45, 2.75) is 26.4 Å². The van der Waals surface area contributed by atoms with Crippen molar-refractivity contribution in [1.82, 2.24) is 15.6 Å². The smallest absolute Gasteiger partial charge is 0.192 e. The lowest BCUT2D eigenvalue weighted by Gasteiger charge is -2.18. The van der Waals surface area contributed by atoms with E-state index in [0.29, 0.717) is 6.54 Å². The minimum absolute atomic E-state index is 0.106. The number of nitrogens with zero attached hydrogens (tertiary/aromatic N) is 3. The predicted molar refractivity (Wildman–Crippen MR) is 104 cm³/mol. The first-order valence-corrected chi connectivity index (χ1v) is 9.17. The van der Waals surface area contributed by atoms with E-state index in [1.807, 2.05) is 49.5 Å². The van der Waals surface area contributed by atoms with Gasteiger partial charge in [0.1, 0.15) is 0 Å². The zero-order chi connectivity index (χ0) is 17.5. The fourth-order valence-electron chi connectivity index (χ4n) is 2.12. The summed E-state index contributed by atoms with van der Waals surface area (Å²) in [4.78, 5) is 11.2. The highest BCUT2D eigenvalue weighted by Gasteiger charge is 2.09. The second-order valence-corrected chi connectivity index (χ2v) is 6.91. The molecule has 1 aromatic carbocycles. The predicted octanol–water partition coefficient (Wildman–Crippen LogP) is 3.68. The summed E-state index contributed by atoms with van der Waals surface area (Å²) in [5.41, 5.74) is 2.09. The summed E-state index contributed by atoms with van der Waals surface area (Å²) in [6, 6.07) is 7.96. The lowest BCUT2D eigenvalue weighted by atomic mass is 10.1. The Bertz CT molecular complexity index is 683. The van der Waals surface area contributed by atoms with Gasteiger partial charge in [-0.2, -0.15) is 0 Å². The molecule has 0 aliphatic rings. The molecule has 2 rings (SSSR count). The van der Waals surface area contributed by atoms with Gasteiger partial charge >= 0.3 is 0 Å². The van der Waals surface area contributed by atoms with Crippen molar-refractivity contribution in [3.63, 3.8) is 0 Å². The zero-order valence-corrected chi connectivity index (χ0v) is 16.1. The van der Waals surface area contributed by atoms with E-state index in [2.05, 4.69) is 33.6 Å². The minimum atomic E-state index is 0.106. The van der Waals surface area contributed by atoms with Crippen molar-refractivity contribution in [2.24, 2.45) is 4.99 Å². The Balaban J connectivity index is 2.04. The number of aliphatic imine (C=N–C) groups is 1. The van der Waals surface area contributed by atoms with Gasteiger partial charge in [-0.25, -0.2) is 9.98 Å². The fraction of sp³-hybridized carbons (Fsp3) is 0.412. The average Bonchev–Trinajstić information content (AvgIpc) is 3.02. The monoisotopic (exact) mass is 365 g/mol. The number of hydrogen-bond donors (Lipinski definition) is 2. The molecule has 0 fully saturated rings. The third-order valence-electron chi connectivity index (χ3n) is 3.37. The highest BCUT2D eigenvalue weighted by molar-refractivity contribution is 7.13. The summed E-state index contributed by atoms with van der Waals surface area (Å²) < 4.78 is 0. The molecule has 0 spiro atoms. The Hall–Kier alpha value is -1.79. The van der Waals surface area contributed by atoms with E-state index < -0.39 is 0 Å². The molecule has 2 aromatic rings. The number of rotatable bonds is 6. The number of benzene rings is 1. The van der Waals surface area contributed by atoms with Crippen LogP contribution in [0.5, 0.6) is 0 Å². The first kappa shape index (κ1) is 18.5. The largest absolute Gasteiger partial charge is 0.357 e. The molecular weight excluding hydrogens is 342 g/mol. The summed E-state index contributed by atoms with van der Waals surface area (Å²) >= 11 is 7.70. The van der Waals surface area contributed by atoms with E-state index in [4.69, 9.17) is 11.6 Å². The van der Waals surface area contributed by atoms with Gasteiger partial charge in [0.2, 0.25) is 0 Å². The van der Waals surface area contributed by atoms with Crippen LogP contribution in [0.2, 0.25) is 5.02 Å². The molecule has 0 saturated heterocycles. The molecule has 24 heavy (non-hydrogen) atoms. The molecule has 0 aliphatic heterocycles. The molecule has 0 saturated carbocycles. The van der Waals surface area contributed by atoms with Crippen molar-refractivity contribution in [2.75, 3.05) is 25.5 Å². The number of nitrogens with one attached hydrogen (secondary N) is 2. The molecular formula is C17H24ClN5S. The number of halogens is 1. The van der Waals surface area contributed by atoms with Crippen molar-refractivity contribution >= 4 is 34.0 Å². The van der Waals surface area contributed by atoms with Gasteiger partial charge in [-0.3, -0.25) is 0 Å². The number of aromatic nitrogens is 1. The van der Waals surface area contributed by atoms with Crippen LogP contribution in [-0.4, -0.2) is 31.6 Å². The van der Waals surface area contributed by atoms with Crippen LogP contribution < -0.4 is 15.5 Å². The molecule has 0 bridgehead atoms.